The van der Waals surface area contributed by atoms with Gasteiger partial charge in [-0.2, -0.15) is 0 Å². The van der Waals surface area contributed by atoms with Crippen LogP contribution in [0.25, 0.3) is 0 Å². The van der Waals surface area contributed by atoms with Crippen molar-refractivity contribution in [3.8, 4) is 5.75 Å². The van der Waals surface area contributed by atoms with Crippen LogP contribution in [0.3, 0.4) is 0 Å². The summed E-state index contributed by atoms with van der Waals surface area (Å²) in [4.78, 5) is 0. The number of benzene rings is 1. The summed E-state index contributed by atoms with van der Waals surface area (Å²) in [5.41, 5.74) is 6.49. The van der Waals surface area contributed by atoms with Crippen LogP contribution in [0.1, 0.15) is 89.7 Å². The van der Waals surface area contributed by atoms with E-state index in [0.717, 1.165) is 38.0 Å². The average molecular weight is 369 g/mol. The van der Waals surface area contributed by atoms with Crippen LogP contribution in [0, 0.1) is 11.3 Å². The Hall–Kier alpha value is -1.28. The van der Waals surface area contributed by atoms with E-state index >= 15 is 0 Å². The maximum absolute atomic E-state index is 10.6. The second-order valence-corrected chi connectivity index (χ2v) is 9.86. The van der Waals surface area contributed by atoms with Crippen molar-refractivity contribution < 1.29 is 10.2 Å². The smallest absolute Gasteiger partial charge is 0.115 e. The zero-order valence-corrected chi connectivity index (χ0v) is 17.4. The maximum Gasteiger partial charge on any atom is 0.115 e. The van der Waals surface area contributed by atoms with Crippen LogP contribution in [0.15, 0.2) is 29.3 Å². The first-order chi connectivity index (χ1) is 12.9. The molecule has 0 amide bonds. The van der Waals surface area contributed by atoms with Crippen LogP contribution in [0.2, 0.25) is 0 Å². The van der Waals surface area contributed by atoms with Gasteiger partial charge in [0.1, 0.15) is 5.75 Å². The summed E-state index contributed by atoms with van der Waals surface area (Å²) in [6.45, 7) is 6.97. The summed E-state index contributed by atoms with van der Waals surface area (Å²) in [7, 11) is 0. The van der Waals surface area contributed by atoms with Crippen molar-refractivity contribution in [3.05, 3.63) is 40.5 Å². The minimum absolute atomic E-state index is 0.141. The van der Waals surface area contributed by atoms with E-state index in [0.29, 0.717) is 5.75 Å². The second kappa shape index (κ2) is 6.95. The van der Waals surface area contributed by atoms with Crippen molar-refractivity contribution >= 4 is 0 Å². The molecule has 2 nitrogen and oxygen atoms in total. The van der Waals surface area contributed by atoms with Gasteiger partial charge in [-0.25, -0.2) is 0 Å². The Labute approximate surface area is 164 Å². The number of phenols is 1. The van der Waals surface area contributed by atoms with Gasteiger partial charge in [-0.3, -0.25) is 0 Å². The molecular weight excluding hydrogens is 332 g/mol. The molecule has 0 spiro atoms. The van der Waals surface area contributed by atoms with Crippen LogP contribution in [0.4, 0.5) is 0 Å². The minimum Gasteiger partial charge on any atom is -0.508 e. The lowest BCUT2D eigenvalue weighted by molar-refractivity contribution is 0.141. The lowest BCUT2D eigenvalue weighted by atomic mass is 9.53. The van der Waals surface area contributed by atoms with Crippen LogP contribution < -0.4 is 0 Å². The van der Waals surface area contributed by atoms with Gasteiger partial charge in [0.25, 0.3) is 0 Å². The van der Waals surface area contributed by atoms with Gasteiger partial charge < -0.3 is 10.2 Å². The van der Waals surface area contributed by atoms with Gasteiger partial charge in [0, 0.05) is 5.41 Å². The number of aliphatic hydroxyl groups is 1. The van der Waals surface area contributed by atoms with Gasteiger partial charge in [-0.05, 0) is 86.0 Å². The molecule has 148 valence electrons. The van der Waals surface area contributed by atoms with E-state index in [1.54, 1.807) is 11.1 Å². The first-order valence-electron chi connectivity index (χ1n) is 11.1. The van der Waals surface area contributed by atoms with E-state index in [1.165, 1.54) is 43.2 Å². The number of rotatable bonds is 5. The van der Waals surface area contributed by atoms with Gasteiger partial charge in [-0.15, -0.1) is 0 Å². The number of aromatic hydroxyl groups is 1. The van der Waals surface area contributed by atoms with E-state index in [9.17, 15) is 10.2 Å². The molecule has 3 aliphatic carbocycles. The van der Waals surface area contributed by atoms with E-state index in [4.69, 9.17) is 0 Å². The number of allylic oxidation sites excluding steroid dienone is 1. The van der Waals surface area contributed by atoms with E-state index in [2.05, 4.69) is 26.8 Å². The van der Waals surface area contributed by atoms with Crippen molar-refractivity contribution in [2.45, 2.75) is 96.5 Å². The summed E-state index contributed by atoms with van der Waals surface area (Å²) in [6.07, 6.45) is 11.2. The van der Waals surface area contributed by atoms with Crippen molar-refractivity contribution in [2.75, 3.05) is 0 Å². The minimum atomic E-state index is -0.152. The Kier molecular flexibility index (Phi) is 4.91. The van der Waals surface area contributed by atoms with Crippen LogP contribution in [0.5, 0.6) is 5.75 Å². The first-order valence-corrected chi connectivity index (χ1v) is 11.1. The third kappa shape index (κ3) is 3.05. The molecule has 0 heterocycles. The predicted octanol–water partition coefficient (Wildman–Crippen LogP) is 6.04. The molecule has 1 aromatic carbocycles. The van der Waals surface area contributed by atoms with Crippen LogP contribution in [-0.2, 0) is 11.8 Å². The largest absolute Gasteiger partial charge is 0.508 e. The Morgan fingerprint density at radius 3 is 2.70 bits per heavy atom. The lowest BCUT2D eigenvalue weighted by Gasteiger charge is -2.50. The van der Waals surface area contributed by atoms with Crippen molar-refractivity contribution in [3.63, 3.8) is 0 Å². The molecule has 0 saturated heterocycles. The van der Waals surface area contributed by atoms with Gasteiger partial charge in [0.2, 0.25) is 0 Å². The molecule has 1 saturated carbocycles. The number of hydrogen-bond donors (Lipinski definition) is 2. The number of aryl methyl sites for hydroxylation is 1. The normalized spacial score (nSPS) is 32.4. The monoisotopic (exact) mass is 368 g/mol. The third-order valence-corrected chi connectivity index (χ3v) is 7.97. The molecule has 4 rings (SSSR count). The summed E-state index contributed by atoms with van der Waals surface area (Å²) in [6, 6.07) is 6.05. The molecule has 1 aromatic rings. The molecule has 0 aliphatic heterocycles. The summed E-state index contributed by atoms with van der Waals surface area (Å²) in [5.74, 6) is 1.16. The highest BCUT2D eigenvalue weighted by Crippen LogP contribution is 2.62. The van der Waals surface area contributed by atoms with Crippen molar-refractivity contribution in [1.82, 2.24) is 0 Å². The fraction of sp³-hybridized carbons (Fsp3) is 0.680. The van der Waals surface area contributed by atoms with Gasteiger partial charge >= 0.3 is 0 Å². The molecule has 3 aliphatic rings. The molecule has 0 aromatic heterocycles. The zero-order chi connectivity index (χ0) is 19.2. The summed E-state index contributed by atoms with van der Waals surface area (Å²) < 4.78 is 0. The molecule has 2 heteroatoms. The Balaban J connectivity index is 1.77. The van der Waals surface area contributed by atoms with E-state index < -0.39 is 0 Å². The topological polar surface area (TPSA) is 40.5 Å². The lowest BCUT2D eigenvalue weighted by Crippen LogP contribution is -2.41. The molecule has 0 bridgehead atoms. The summed E-state index contributed by atoms with van der Waals surface area (Å²) >= 11 is 0. The highest BCUT2D eigenvalue weighted by Gasteiger charge is 2.53. The maximum atomic E-state index is 10.6. The number of hydrogen-bond acceptors (Lipinski definition) is 2. The second-order valence-electron chi connectivity index (χ2n) is 9.86. The fourth-order valence-corrected chi connectivity index (χ4v) is 6.70. The highest BCUT2D eigenvalue weighted by atomic mass is 16.3. The Morgan fingerprint density at radius 2 is 1.96 bits per heavy atom. The van der Waals surface area contributed by atoms with E-state index in [1.807, 2.05) is 12.1 Å². The Morgan fingerprint density at radius 1 is 1.15 bits per heavy atom. The molecule has 0 unspecified atom stereocenters. The standard InChI is InChI=1S/C25H36O2/c1-4-25-13-12-24(11-5-6-17(2)3)16-20(27)15-23(24)22(25)9-7-18-14-19(26)8-10-21(18)25/h8,10,14,17,20,26-27H,4-7,9,11-13,15-16H2,1-3H3/t20-,24-,25+/m0/s1. The quantitative estimate of drug-likeness (QED) is 0.622. The first kappa shape index (κ1) is 19.1. The van der Waals surface area contributed by atoms with Crippen LogP contribution in [-0.4, -0.2) is 16.3 Å². The number of phenolic OH excluding ortho intramolecular Hbond substituents is 1. The van der Waals surface area contributed by atoms with Gasteiger partial charge in [-0.1, -0.05) is 50.8 Å². The molecular formula is C25H36O2. The molecule has 27 heavy (non-hydrogen) atoms. The highest BCUT2D eigenvalue weighted by molar-refractivity contribution is 5.52. The molecule has 1 fully saturated rings. The van der Waals surface area contributed by atoms with Gasteiger partial charge in [0.05, 0.1) is 6.10 Å². The Bertz CT molecular complexity index is 747. The van der Waals surface area contributed by atoms with E-state index in [-0.39, 0.29) is 16.9 Å². The average Bonchev–Trinajstić information content (AvgIpc) is 2.96. The predicted molar refractivity (Wildman–Crippen MR) is 111 cm³/mol. The summed E-state index contributed by atoms with van der Waals surface area (Å²) in [5, 5.41) is 20.6. The fourth-order valence-electron chi connectivity index (χ4n) is 6.70. The number of aliphatic hydroxyl groups excluding tert-OH is 1. The molecule has 3 atom stereocenters. The number of fused-ring (bicyclic) bond motifs is 4. The zero-order valence-electron chi connectivity index (χ0n) is 17.4. The van der Waals surface area contributed by atoms with Crippen molar-refractivity contribution in [2.24, 2.45) is 11.3 Å². The molecule has 0 radical (unpaired) electrons. The third-order valence-electron chi connectivity index (χ3n) is 7.97. The van der Waals surface area contributed by atoms with Gasteiger partial charge in [0.15, 0.2) is 0 Å². The molecule has 2 N–H and O–H groups in total. The van der Waals surface area contributed by atoms with Crippen molar-refractivity contribution in [1.29, 1.82) is 0 Å². The van der Waals surface area contributed by atoms with Crippen LogP contribution >= 0.6 is 0 Å². The SMILES string of the molecule is CC[C@]12CC[C@@]3(CCCC(C)C)C[C@@H](O)CC3=C1CCc1cc(O)ccc12.